The fourth-order valence-electron chi connectivity index (χ4n) is 1.37. The van der Waals surface area contributed by atoms with Gasteiger partial charge in [-0.2, -0.15) is 0 Å². The van der Waals surface area contributed by atoms with Crippen molar-refractivity contribution in [2.24, 2.45) is 5.73 Å². The summed E-state index contributed by atoms with van der Waals surface area (Å²) in [6, 6.07) is 4.85. The minimum Gasteiger partial charge on any atom is -0.480 e. The molecule has 0 saturated heterocycles. The van der Waals surface area contributed by atoms with E-state index >= 15 is 0 Å². The van der Waals surface area contributed by atoms with Crippen molar-refractivity contribution < 1.29 is 9.90 Å². The van der Waals surface area contributed by atoms with Crippen LogP contribution in [0.2, 0.25) is 0 Å². The summed E-state index contributed by atoms with van der Waals surface area (Å²) in [6.45, 7) is 0. The van der Waals surface area contributed by atoms with Gasteiger partial charge in [0.1, 0.15) is 6.04 Å². The average Bonchev–Trinajstić information content (AvgIpc) is 2.64. The maximum Gasteiger partial charge on any atom is 0.320 e. The van der Waals surface area contributed by atoms with Crippen LogP contribution in [0.25, 0.3) is 10.2 Å². The lowest BCUT2D eigenvalue weighted by molar-refractivity contribution is -0.138. The van der Waals surface area contributed by atoms with Crippen LogP contribution in [0.3, 0.4) is 0 Å². The van der Waals surface area contributed by atoms with Gasteiger partial charge < -0.3 is 10.8 Å². The zero-order valence-corrected chi connectivity index (χ0v) is 8.70. The molecule has 1 heterocycles. The third kappa shape index (κ3) is 2.14. The standard InChI is InChI=1S/C10H10N2O2S/c11-7(10(13)14)3-6-1-2-8-9(4-6)15-5-12-8/h1-2,4-5,7H,3,11H2,(H,13,14). The maximum atomic E-state index is 10.6. The van der Waals surface area contributed by atoms with Crippen LogP contribution in [0.1, 0.15) is 5.56 Å². The number of carbonyl (C=O) groups is 1. The van der Waals surface area contributed by atoms with Gasteiger partial charge in [0.05, 0.1) is 15.7 Å². The lowest BCUT2D eigenvalue weighted by atomic mass is 10.1. The first-order valence-electron chi connectivity index (χ1n) is 4.47. The number of nitrogens with two attached hydrogens (primary N) is 1. The molecular formula is C10H10N2O2S. The fourth-order valence-corrected chi connectivity index (χ4v) is 2.11. The van der Waals surface area contributed by atoms with Gasteiger partial charge in [0.25, 0.3) is 0 Å². The van der Waals surface area contributed by atoms with Crippen LogP contribution >= 0.6 is 11.3 Å². The fraction of sp³-hybridized carbons (Fsp3) is 0.200. The summed E-state index contributed by atoms with van der Waals surface area (Å²) in [5.74, 6) is -0.973. The Morgan fingerprint density at radius 1 is 1.60 bits per heavy atom. The van der Waals surface area contributed by atoms with Crippen molar-refractivity contribution >= 4 is 27.5 Å². The summed E-state index contributed by atoms with van der Waals surface area (Å²) in [4.78, 5) is 14.7. The van der Waals surface area contributed by atoms with E-state index in [2.05, 4.69) is 4.98 Å². The van der Waals surface area contributed by atoms with E-state index in [9.17, 15) is 4.79 Å². The summed E-state index contributed by atoms with van der Waals surface area (Å²) in [5, 5.41) is 8.68. The van der Waals surface area contributed by atoms with Crippen LogP contribution in [-0.2, 0) is 11.2 Å². The number of nitrogens with zero attached hydrogens (tertiary/aromatic N) is 1. The van der Waals surface area contributed by atoms with Crippen LogP contribution < -0.4 is 5.73 Å². The van der Waals surface area contributed by atoms with Crippen molar-refractivity contribution in [2.75, 3.05) is 0 Å². The zero-order valence-electron chi connectivity index (χ0n) is 7.88. The van der Waals surface area contributed by atoms with E-state index in [4.69, 9.17) is 10.8 Å². The number of fused-ring (bicyclic) bond motifs is 1. The average molecular weight is 222 g/mol. The molecule has 5 heteroatoms. The molecule has 1 aromatic carbocycles. The second kappa shape index (κ2) is 3.96. The SMILES string of the molecule is NC(Cc1ccc2ncsc2c1)C(=O)O. The van der Waals surface area contributed by atoms with Crippen LogP contribution in [-0.4, -0.2) is 22.1 Å². The highest BCUT2D eigenvalue weighted by molar-refractivity contribution is 7.16. The first kappa shape index (κ1) is 10.1. The van der Waals surface area contributed by atoms with E-state index in [0.717, 1.165) is 15.8 Å². The Balaban J connectivity index is 2.24. The number of aliphatic carboxylic acids is 1. The second-order valence-corrected chi connectivity index (χ2v) is 4.19. The number of hydrogen-bond acceptors (Lipinski definition) is 4. The van der Waals surface area contributed by atoms with Crippen molar-refractivity contribution in [1.29, 1.82) is 0 Å². The highest BCUT2D eigenvalue weighted by atomic mass is 32.1. The second-order valence-electron chi connectivity index (χ2n) is 3.30. The molecule has 0 amide bonds. The van der Waals surface area contributed by atoms with E-state index in [0.29, 0.717) is 6.42 Å². The molecule has 0 aliphatic carbocycles. The topological polar surface area (TPSA) is 76.2 Å². The predicted octanol–water partition coefficient (Wildman–Crippen LogP) is 1.25. The minimum absolute atomic E-state index is 0.350. The Labute approximate surface area is 90.4 Å². The molecule has 0 spiro atoms. The number of carboxylic acid groups (broad SMARTS) is 1. The van der Waals surface area contributed by atoms with Crippen LogP contribution in [0.4, 0.5) is 0 Å². The molecule has 3 N–H and O–H groups in total. The lowest BCUT2D eigenvalue weighted by Crippen LogP contribution is -2.32. The molecule has 2 aromatic rings. The molecule has 0 radical (unpaired) electrons. The molecule has 0 bridgehead atoms. The zero-order chi connectivity index (χ0) is 10.8. The molecule has 78 valence electrons. The Morgan fingerprint density at radius 2 is 2.40 bits per heavy atom. The first-order chi connectivity index (χ1) is 7.16. The van der Waals surface area contributed by atoms with Gasteiger partial charge >= 0.3 is 5.97 Å². The Hall–Kier alpha value is -1.46. The van der Waals surface area contributed by atoms with Crippen molar-refractivity contribution in [1.82, 2.24) is 4.98 Å². The molecule has 4 nitrogen and oxygen atoms in total. The largest absolute Gasteiger partial charge is 0.480 e. The number of benzene rings is 1. The first-order valence-corrected chi connectivity index (χ1v) is 5.35. The summed E-state index contributed by atoms with van der Waals surface area (Å²) in [5.41, 5.74) is 9.10. The predicted molar refractivity (Wildman–Crippen MR) is 58.9 cm³/mol. The van der Waals surface area contributed by atoms with Crippen molar-refractivity contribution in [3.63, 3.8) is 0 Å². The Morgan fingerprint density at radius 3 is 3.13 bits per heavy atom. The number of carboxylic acids is 1. The number of aromatic nitrogens is 1. The molecule has 15 heavy (non-hydrogen) atoms. The van der Waals surface area contributed by atoms with E-state index in [1.807, 2.05) is 18.2 Å². The molecule has 0 saturated carbocycles. The normalized spacial score (nSPS) is 12.9. The van der Waals surface area contributed by atoms with Gasteiger partial charge in [-0.15, -0.1) is 11.3 Å². The van der Waals surface area contributed by atoms with E-state index < -0.39 is 12.0 Å². The lowest BCUT2D eigenvalue weighted by Gasteiger charge is -2.05. The van der Waals surface area contributed by atoms with Crippen LogP contribution in [0.15, 0.2) is 23.7 Å². The number of thiazole rings is 1. The smallest absolute Gasteiger partial charge is 0.320 e. The quantitative estimate of drug-likeness (QED) is 0.819. The third-order valence-corrected chi connectivity index (χ3v) is 2.96. The molecule has 0 aliphatic rings. The van der Waals surface area contributed by atoms with E-state index in [1.165, 1.54) is 11.3 Å². The molecule has 0 fully saturated rings. The van der Waals surface area contributed by atoms with E-state index in [1.54, 1.807) is 5.51 Å². The molecular weight excluding hydrogens is 212 g/mol. The van der Waals surface area contributed by atoms with Crippen molar-refractivity contribution in [3.8, 4) is 0 Å². The number of hydrogen-bond donors (Lipinski definition) is 2. The highest BCUT2D eigenvalue weighted by Gasteiger charge is 2.12. The van der Waals surface area contributed by atoms with Gasteiger partial charge in [-0.1, -0.05) is 6.07 Å². The maximum absolute atomic E-state index is 10.6. The molecule has 1 unspecified atom stereocenters. The van der Waals surface area contributed by atoms with Crippen molar-refractivity contribution in [3.05, 3.63) is 29.3 Å². The van der Waals surface area contributed by atoms with Crippen LogP contribution in [0.5, 0.6) is 0 Å². The Bertz CT molecular complexity index is 495. The van der Waals surface area contributed by atoms with Gasteiger partial charge in [0, 0.05) is 0 Å². The van der Waals surface area contributed by atoms with E-state index in [-0.39, 0.29) is 0 Å². The third-order valence-electron chi connectivity index (χ3n) is 2.17. The highest BCUT2D eigenvalue weighted by Crippen LogP contribution is 2.19. The molecule has 1 aromatic heterocycles. The molecule has 1 atom stereocenters. The van der Waals surface area contributed by atoms with Gasteiger partial charge in [-0.05, 0) is 24.1 Å². The summed E-state index contributed by atoms with van der Waals surface area (Å²) in [7, 11) is 0. The molecule has 0 aliphatic heterocycles. The van der Waals surface area contributed by atoms with Gasteiger partial charge in [0.15, 0.2) is 0 Å². The summed E-state index contributed by atoms with van der Waals surface area (Å²) < 4.78 is 1.06. The monoisotopic (exact) mass is 222 g/mol. The minimum atomic E-state index is -0.973. The van der Waals surface area contributed by atoms with Gasteiger partial charge in [-0.3, -0.25) is 4.79 Å². The van der Waals surface area contributed by atoms with Gasteiger partial charge in [-0.25, -0.2) is 4.98 Å². The summed E-state index contributed by atoms with van der Waals surface area (Å²) in [6.07, 6.45) is 0.350. The molecule has 2 rings (SSSR count). The van der Waals surface area contributed by atoms with Crippen LogP contribution in [0, 0.1) is 0 Å². The summed E-state index contributed by atoms with van der Waals surface area (Å²) >= 11 is 1.54. The van der Waals surface area contributed by atoms with Crippen molar-refractivity contribution in [2.45, 2.75) is 12.5 Å². The number of rotatable bonds is 3. The Kier molecular flexibility index (Phi) is 2.66. The van der Waals surface area contributed by atoms with Gasteiger partial charge in [0.2, 0.25) is 0 Å².